The molecule has 0 amide bonds. The zero-order chi connectivity index (χ0) is 17.5. The molecule has 124 valence electrons. The normalized spacial score (nSPS) is 11.7. The first-order chi connectivity index (χ1) is 11.3. The Morgan fingerprint density at radius 3 is 2.54 bits per heavy atom. The van der Waals surface area contributed by atoms with Gasteiger partial charge in [-0.25, -0.2) is 4.98 Å². The summed E-state index contributed by atoms with van der Waals surface area (Å²) in [5.41, 5.74) is 2.79. The molecular weight excluding hydrogens is 394 g/mol. The van der Waals surface area contributed by atoms with E-state index in [1.165, 1.54) is 12.1 Å². The van der Waals surface area contributed by atoms with E-state index < -0.39 is 10.1 Å². The number of aryl methyl sites for hydroxylation is 2. The number of halogens is 1. The van der Waals surface area contributed by atoms with E-state index in [-0.39, 0.29) is 4.90 Å². The van der Waals surface area contributed by atoms with Crippen molar-refractivity contribution in [3.63, 3.8) is 0 Å². The summed E-state index contributed by atoms with van der Waals surface area (Å²) in [6.07, 6.45) is 0. The molecule has 0 atom stereocenters. The Balaban J connectivity index is 2.15. The molecule has 0 spiro atoms. The predicted octanol–water partition coefficient (Wildman–Crippen LogP) is 4.63. The Hall–Kier alpha value is -1.96. The minimum absolute atomic E-state index is 0.172. The molecule has 5 nitrogen and oxygen atoms in total. The average Bonchev–Trinajstić information content (AvgIpc) is 2.88. The highest BCUT2D eigenvalue weighted by atomic mass is 79.9. The van der Waals surface area contributed by atoms with Crippen LogP contribution < -0.4 is 0 Å². The van der Waals surface area contributed by atoms with Gasteiger partial charge in [0.1, 0.15) is 11.5 Å². The van der Waals surface area contributed by atoms with E-state index in [2.05, 4.69) is 20.9 Å². The second kappa shape index (κ2) is 6.16. The number of aromatic nitrogens is 1. The van der Waals surface area contributed by atoms with Gasteiger partial charge in [-0.15, -0.1) is 0 Å². The molecule has 1 aromatic heterocycles. The molecule has 24 heavy (non-hydrogen) atoms. The third kappa shape index (κ3) is 3.28. The van der Waals surface area contributed by atoms with Crippen LogP contribution >= 0.6 is 15.9 Å². The second-order valence-electron chi connectivity index (χ2n) is 5.39. The molecule has 2 aromatic carbocycles. The van der Waals surface area contributed by atoms with Gasteiger partial charge in [-0.1, -0.05) is 28.1 Å². The first-order valence-electron chi connectivity index (χ1n) is 7.07. The van der Waals surface area contributed by atoms with Crippen LogP contribution in [-0.2, 0) is 10.1 Å². The van der Waals surface area contributed by atoms with Gasteiger partial charge in [0, 0.05) is 15.6 Å². The summed E-state index contributed by atoms with van der Waals surface area (Å²) in [7, 11) is -4.28. The highest BCUT2D eigenvalue weighted by Gasteiger charge is 2.18. The molecule has 3 aromatic rings. The Morgan fingerprint density at radius 1 is 1.12 bits per heavy atom. The van der Waals surface area contributed by atoms with Gasteiger partial charge in [0.25, 0.3) is 10.1 Å². The van der Waals surface area contributed by atoms with Crippen LogP contribution in [0.3, 0.4) is 0 Å². The minimum Gasteiger partial charge on any atom is -0.441 e. The van der Waals surface area contributed by atoms with Gasteiger partial charge in [-0.2, -0.15) is 8.42 Å². The Labute approximate surface area is 148 Å². The summed E-state index contributed by atoms with van der Waals surface area (Å²) in [6, 6.07) is 11.9. The number of rotatable bonds is 3. The molecule has 0 saturated carbocycles. The third-order valence-corrected chi connectivity index (χ3v) is 4.97. The quantitative estimate of drug-likeness (QED) is 0.639. The summed E-state index contributed by atoms with van der Waals surface area (Å²) in [5.74, 6) is 1.01. The van der Waals surface area contributed by atoms with Crippen molar-refractivity contribution in [1.82, 2.24) is 4.98 Å². The van der Waals surface area contributed by atoms with Gasteiger partial charge in [-0.05, 0) is 49.7 Å². The molecule has 0 aliphatic rings. The Bertz CT molecular complexity index is 1020. The van der Waals surface area contributed by atoms with Crippen LogP contribution in [0.2, 0.25) is 0 Å². The topological polar surface area (TPSA) is 80.4 Å². The van der Waals surface area contributed by atoms with E-state index in [1.807, 2.05) is 31.2 Å². The van der Waals surface area contributed by atoms with Crippen LogP contribution in [0.4, 0.5) is 0 Å². The van der Waals surface area contributed by atoms with Gasteiger partial charge in [0.15, 0.2) is 0 Å². The lowest BCUT2D eigenvalue weighted by molar-refractivity contribution is 0.483. The molecule has 0 aliphatic heterocycles. The lowest BCUT2D eigenvalue weighted by atomic mass is 10.1. The summed E-state index contributed by atoms with van der Waals surface area (Å²) in [5, 5.41) is 0. The van der Waals surface area contributed by atoms with E-state index in [0.29, 0.717) is 22.9 Å². The van der Waals surface area contributed by atoms with Crippen molar-refractivity contribution in [2.75, 3.05) is 0 Å². The van der Waals surface area contributed by atoms with Crippen molar-refractivity contribution >= 4 is 26.0 Å². The van der Waals surface area contributed by atoms with Crippen LogP contribution in [0, 0.1) is 13.8 Å². The number of nitrogens with zero attached hydrogens (tertiary/aromatic N) is 1. The molecule has 0 fully saturated rings. The summed E-state index contributed by atoms with van der Waals surface area (Å²) >= 11 is 3.41. The molecule has 3 rings (SSSR count). The second-order valence-corrected chi connectivity index (χ2v) is 7.72. The van der Waals surface area contributed by atoms with Crippen molar-refractivity contribution in [2.24, 2.45) is 0 Å². The monoisotopic (exact) mass is 407 g/mol. The number of hydrogen-bond donors (Lipinski definition) is 1. The molecule has 0 aliphatic carbocycles. The Kier molecular flexibility index (Phi) is 4.33. The number of hydrogen-bond acceptors (Lipinski definition) is 4. The highest BCUT2D eigenvalue weighted by molar-refractivity contribution is 9.10. The van der Waals surface area contributed by atoms with Crippen molar-refractivity contribution in [3.8, 4) is 22.7 Å². The Morgan fingerprint density at radius 2 is 1.88 bits per heavy atom. The largest absolute Gasteiger partial charge is 0.441 e. The zero-order valence-electron chi connectivity index (χ0n) is 12.9. The fraction of sp³-hybridized carbons (Fsp3) is 0.118. The van der Waals surface area contributed by atoms with Gasteiger partial charge >= 0.3 is 0 Å². The standard InChI is InChI=1S/C17H14BrNO4S/c1-10-6-7-14(24(20,21)22)9-15(10)16-11(2)23-17(19-16)12-4-3-5-13(18)8-12/h3-9H,1-2H3,(H,20,21,22). The van der Waals surface area contributed by atoms with Crippen molar-refractivity contribution in [2.45, 2.75) is 18.7 Å². The first kappa shape index (κ1) is 16.9. The van der Waals surface area contributed by atoms with Crippen LogP contribution in [0.5, 0.6) is 0 Å². The van der Waals surface area contributed by atoms with Crippen LogP contribution in [-0.4, -0.2) is 18.0 Å². The SMILES string of the molecule is Cc1ccc(S(=O)(=O)O)cc1-c1nc(-c2cccc(Br)c2)oc1C. The molecular formula is C17H14BrNO4S. The summed E-state index contributed by atoms with van der Waals surface area (Å²) in [6.45, 7) is 3.61. The van der Waals surface area contributed by atoms with Crippen molar-refractivity contribution in [3.05, 3.63) is 58.3 Å². The highest BCUT2D eigenvalue weighted by Crippen LogP contribution is 2.32. The van der Waals surface area contributed by atoms with Crippen molar-refractivity contribution < 1.29 is 17.4 Å². The van der Waals surface area contributed by atoms with Crippen molar-refractivity contribution in [1.29, 1.82) is 0 Å². The minimum atomic E-state index is -4.28. The molecule has 0 radical (unpaired) electrons. The van der Waals surface area contributed by atoms with Gasteiger partial charge in [0.05, 0.1) is 4.90 Å². The summed E-state index contributed by atoms with van der Waals surface area (Å²) in [4.78, 5) is 4.34. The zero-order valence-corrected chi connectivity index (χ0v) is 15.3. The summed E-state index contributed by atoms with van der Waals surface area (Å²) < 4.78 is 38.7. The molecule has 1 heterocycles. The molecule has 7 heteroatoms. The maximum atomic E-state index is 11.4. The van der Waals surface area contributed by atoms with E-state index >= 15 is 0 Å². The van der Waals surface area contributed by atoms with Crippen LogP contribution in [0.25, 0.3) is 22.7 Å². The number of benzene rings is 2. The average molecular weight is 408 g/mol. The molecule has 0 saturated heterocycles. The number of oxazole rings is 1. The van der Waals surface area contributed by atoms with E-state index in [1.54, 1.807) is 13.0 Å². The van der Waals surface area contributed by atoms with Crippen LogP contribution in [0.15, 0.2) is 56.2 Å². The third-order valence-electron chi connectivity index (χ3n) is 3.63. The smallest absolute Gasteiger partial charge is 0.294 e. The van der Waals surface area contributed by atoms with Crippen LogP contribution in [0.1, 0.15) is 11.3 Å². The van der Waals surface area contributed by atoms with Gasteiger partial charge in [-0.3, -0.25) is 4.55 Å². The molecule has 0 unspecified atom stereocenters. The fourth-order valence-corrected chi connectivity index (χ4v) is 3.31. The lowest BCUT2D eigenvalue weighted by Gasteiger charge is -2.05. The van der Waals surface area contributed by atoms with E-state index in [9.17, 15) is 13.0 Å². The van der Waals surface area contributed by atoms with Gasteiger partial charge in [0.2, 0.25) is 5.89 Å². The predicted molar refractivity (Wildman–Crippen MR) is 94.4 cm³/mol. The lowest BCUT2D eigenvalue weighted by Crippen LogP contribution is -1.99. The van der Waals surface area contributed by atoms with E-state index in [0.717, 1.165) is 15.6 Å². The molecule has 1 N–H and O–H groups in total. The maximum absolute atomic E-state index is 11.4. The first-order valence-corrected chi connectivity index (χ1v) is 9.31. The molecule has 0 bridgehead atoms. The van der Waals surface area contributed by atoms with E-state index in [4.69, 9.17) is 4.42 Å². The fourth-order valence-electron chi connectivity index (χ4n) is 2.41. The van der Waals surface area contributed by atoms with Gasteiger partial charge < -0.3 is 4.42 Å². The maximum Gasteiger partial charge on any atom is 0.294 e.